The third kappa shape index (κ3) is 2.50. The van der Waals surface area contributed by atoms with Crippen molar-refractivity contribution in [1.82, 2.24) is 20.0 Å². The number of pyridine rings is 1. The van der Waals surface area contributed by atoms with Crippen LogP contribution in [0.25, 0.3) is 0 Å². The lowest BCUT2D eigenvalue weighted by atomic mass is 10.1. The second-order valence-electron chi connectivity index (χ2n) is 3.99. The molecule has 5 heteroatoms. The highest BCUT2D eigenvalue weighted by Crippen LogP contribution is 2.19. The Balaban J connectivity index is 2.30. The minimum Gasteiger partial charge on any atom is -0.380 e. The summed E-state index contributed by atoms with van der Waals surface area (Å²) in [6.45, 7) is 4.71. The number of nitrogens with zero attached hydrogens (tertiary/aromatic N) is 4. The fourth-order valence-corrected chi connectivity index (χ4v) is 1.73. The highest BCUT2D eigenvalue weighted by Gasteiger charge is 2.17. The minimum absolute atomic E-state index is 0.629. The number of aliphatic hydroxyl groups excluding tert-OH is 1. The highest BCUT2D eigenvalue weighted by molar-refractivity contribution is 5.19. The maximum absolute atomic E-state index is 10.2. The second-order valence-corrected chi connectivity index (χ2v) is 3.99. The van der Waals surface area contributed by atoms with Crippen molar-refractivity contribution in [2.24, 2.45) is 0 Å². The molecule has 2 aromatic heterocycles. The Morgan fingerprint density at radius 1 is 1.41 bits per heavy atom. The SMILES string of the molecule is CCCn1nncc1C(O)c1cccc(C)n1. The predicted molar refractivity (Wildman–Crippen MR) is 63.3 cm³/mol. The summed E-state index contributed by atoms with van der Waals surface area (Å²) in [6.07, 6.45) is 1.77. The van der Waals surface area contributed by atoms with Crippen LogP contribution in [0, 0.1) is 6.92 Å². The monoisotopic (exact) mass is 232 g/mol. The molecule has 0 fully saturated rings. The van der Waals surface area contributed by atoms with Gasteiger partial charge in [0.25, 0.3) is 0 Å². The van der Waals surface area contributed by atoms with Gasteiger partial charge in [-0.15, -0.1) is 5.10 Å². The number of hydrogen-bond acceptors (Lipinski definition) is 4. The van der Waals surface area contributed by atoms with E-state index in [4.69, 9.17) is 0 Å². The van der Waals surface area contributed by atoms with E-state index in [1.54, 1.807) is 16.9 Å². The molecule has 90 valence electrons. The minimum atomic E-state index is -0.767. The fourth-order valence-electron chi connectivity index (χ4n) is 1.73. The van der Waals surface area contributed by atoms with Gasteiger partial charge in [0.2, 0.25) is 0 Å². The molecule has 1 atom stereocenters. The third-order valence-corrected chi connectivity index (χ3v) is 2.55. The van der Waals surface area contributed by atoms with E-state index in [1.807, 2.05) is 19.1 Å². The summed E-state index contributed by atoms with van der Waals surface area (Å²) in [5.74, 6) is 0. The van der Waals surface area contributed by atoms with Gasteiger partial charge in [-0.2, -0.15) is 0 Å². The summed E-state index contributed by atoms with van der Waals surface area (Å²) in [5, 5.41) is 18.0. The van der Waals surface area contributed by atoms with E-state index in [9.17, 15) is 5.11 Å². The van der Waals surface area contributed by atoms with Gasteiger partial charge < -0.3 is 5.11 Å². The lowest BCUT2D eigenvalue weighted by Crippen LogP contribution is -2.11. The number of hydrogen-bond donors (Lipinski definition) is 1. The average Bonchev–Trinajstić information content (AvgIpc) is 2.77. The van der Waals surface area contributed by atoms with Crippen molar-refractivity contribution < 1.29 is 5.11 Å². The predicted octanol–water partition coefficient (Wildman–Crippen LogP) is 1.47. The number of rotatable bonds is 4. The largest absolute Gasteiger partial charge is 0.380 e. The van der Waals surface area contributed by atoms with Crippen molar-refractivity contribution in [3.8, 4) is 0 Å². The fraction of sp³-hybridized carbons (Fsp3) is 0.417. The van der Waals surface area contributed by atoms with E-state index in [-0.39, 0.29) is 0 Å². The van der Waals surface area contributed by atoms with Crippen LogP contribution in [-0.2, 0) is 6.54 Å². The molecule has 0 amide bonds. The van der Waals surface area contributed by atoms with E-state index in [0.29, 0.717) is 11.4 Å². The molecule has 0 spiro atoms. The van der Waals surface area contributed by atoms with E-state index >= 15 is 0 Å². The van der Waals surface area contributed by atoms with Crippen LogP contribution in [0.3, 0.4) is 0 Å². The molecule has 0 radical (unpaired) electrons. The Morgan fingerprint density at radius 3 is 2.94 bits per heavy atom. The van der Waals surface area contributed by atoms with Gasteiger partial charge in [-0.3, -0.25) is 4.98 Å². The first-order valence-electron chi connectivity index (χ1n) is 5.72. The molecule has 0 aliphatic heterocycles. The van der Waals surface area contributed by atoms with Crippen LogP contribution < -0.4 is 0 Å². The second kappa shape index (κ2) is 5.05. The van der Waals surface area contributed by atoms with Gasteiger partial charge in [-0.25, -0.2) is 4.68 Å². The van der Waals surface area contributed by atoms with Crippen molar-refractivity contribution in [3.63, 3.8) is 0 Å². The molecule has 0 saturated carbocycles. The number of aliphatic hydroxyl groups is 1. The van der Waals surface area contributed by atoms with Crippen molar-refractivity contribution >= 4 is 0 Å². The summed E-state index contributed by atoms with van der Waals surface area (Å²) in [7, 11) is 0. The normalized spacial score (nSPS) is 12.6. The van der Waals surface area contributed by atoms with Gasteiger partial charge >= 0.3 is 0 Å². The maximum Gasteiger partial charge on any atom is 0.139 e. The standard InChI is InChI=1S/C12H16N4O/c1-3-7-16-11(8-13-15-16)12(17)10-6-4-5-9(2)14-10/h4-6,8,12,17H,3,7H2,1-2H3. The van der Waals surface area contributed by atoms with Crippen LogP contribution >= 0.6 is 0 Å². The molecule has 1 unspecified atom stereocenters. The zero-order valence-corrected chi connectivity index (χ0v) is 10.0. The molecule has 5 nitrogen and oxygen atoms in total. The van der Waals surface area contributed by atoms with E-state index in [2.05, 4.69) is 22.2 Å². The first kappa shape index (κ1) is 11.7. The first-order chi connectivity index (χ1) is 8.22. The smallest absolute Gasteiger partial charge is 0.139 e. The summed E-state index contributed by atoms with van der Waals surface area (Å²) < 4.78 is 1.72. The molecule has 2 aromatic rings. The summed E-state index contributed by atoms with van der Waals surface area (Å²) >= 11 is 0. The van der Waals surface area contributed by atoms with E-state index in [1.165, 1.54) is 0 Å². The molecule has 0 aliphatic carbocycles. The van der Waals surface area contributed by atoms with Crippen molar-refractivity contribution in [2.75, 3.05) is 0 Å². The molecule has 2 rings (SSSR count). The number of aromatic nitrogens is 4. The molecular formula is C12H16N4O. The Bertz CT molecular complexity index is 495. The molecular weight excluding hydrogens is 216 g/mol. The quantitative estimate of drug-likeness (QED) is 0.867. The van der Waals surface area contributed by atoms with Crippen LogP contribution in [-0.4, -0.2) is 25.1 Å². The summed E-state index contributed by atoms with van der Waals surface area (Å²) in [6, 6.07) is 5.59. The molecule has 0 aliphatic rings. The Hall–Kier alpha value is -1.75. The van der Waals surface area contributed by atoms with Crippen molar-refractivity contribution in [3.05, 3.63) is 41.5 Å². The van der Waals surface area contributed by atoms with Crippen molar-refractivity contribution in [2.45, 2.75) is 32.9 Å². The molecule has 0 saturated heterocycles. The molecule has 0 bridgehead atoms. The molecule has 1 N–H and O–H groups in total. The molecule has 17 heavy (non-hydrogen) atoms. The summed E-state index contributed by atoms with van der Waals surface area (Å²) in [5.41, 5.74) is 2.20. The van der Waals surface area contributed by atoms with Crippen molar-refractivity contribution in [1.29, 1.82) is 0 Å². The summed E-state index contributed by atoms with van der Waals surface area (Å²) in [4.78, 5) is 4.31. The van der Waals surface area contributed by atoms with E-state index < -0.39 is 6.10 Å². The van der Waals surface area contributed by atoms with Gasteiger partial charge in [-0.1, -0.05) is 18.2 Å². The number of aryl methyl sites for hydroxylation is 2. The highest BCUT2D eigenvalue weighted by atomic mass is 16.3. The van der Waals surface area contributed by atoms with Crippen LogP contribution in [0.4, 0.5) is 0 Å². The van der Waals surface area contributed by atoms with Crippen LogP contribution in [0.5, 0.6) is 0 Å². The molecule has 2 heterocycles. The Morgan fingerprint density at radius 2 is 2.24 bits per heavy atom. The van der Waals surface area contributed by atoms with Gasteiger partial charge in [0, 0.05) is 12.2 Å². The lowest BCUT2D eigenvalue weighted by molar-refractivity contribution is 0.202. The van der Waals surface area contributed by atoms with E-state index in [0.717, 1.165) is 18.7 Å². The first-order valence-corrected chi connectivity index (χ1v) is 5.72. The van der Waals surface area contributed by atoms with Crippen LogP contribution in [0.1, 0.15) is 36.5 Å². The zero-order chi connectivity index (χ0) is 12.3. The Labute approximate surface area is 100 Å². The van der Waals surface area contributed by atoms with Gasteiger partial charge in [0.05, 0.1) is 17.6 Å². The van der Waals surface area contributed by atoms with Crippen LogP contribution in [0.15, 0.2) is 24.4 Å². The van der Waals surface area contributed by atoms with Gasteiger partial charge in [-0.05, 0) is 25.5 Å². The average molecular weight is 232 g/mol. The van der Waals surface area contributed by atoms with Gasteiger partial charge in [0.15, 0.2) is 0 Å². The zero-order valence-electron chi connectivity index (χ0n) is 10.0. The van der Waals surface area contributed by atoms with Gasteiger partial charge in [0.1, 0.15) is 6.10 Å². The van der Waals surface area contributed by atoms with Crippen LogP contribution in [0.2, 0.25) is 0 Å². The lowest BCUT2D eigenvalue weighted by Gasteiger charge is -2.11. The topological polar surface area (TPSA) is 63.8 Å². The third-order valence-electron chi connectivity index (χ3n) is 2.55. The maximum atomic E-state index is 10.2. The molecule has 0 aromatic carbocycles. The Kier molecular flexibility index (Phi) is 3.49.